The number of benzene rings is 8. The van der Waals surface area contributed by atoms with Crippen LogP contribution in [0.1, 0.15) is 0 Å². The van der Waals surface area contributed by atoms with Gasteiger partial charge in [-0.05, 0) is 48.5 Å². The number of hydrogen-bond donors (Lipinski definition) is 0. The Kier molecular flexibility index (Phi) is 6.83. The van der Waals surface area contributed by atoms with Crippen molar-refractivity contribution < 1.29 is 4.42 Å². The number of rotatable bonds is 5. The molecule has 0 bridgehead atoms. The van der Waals surface area contributed by atoms with E-state index in [0.29, 0.717) is 17.5 Å². The van der Waals surface area contributed by atoms with E-state index in [9.17, 15) is 0 Å². The van der Waals surface area contributed by atoms with Crippen LogP contribution < -0.4 is 0 Å². The lowest BCUT2D eigenvalue weighted by Crippen LogP contribution is -2.01. The molecule has 0 spiro atoms. The van der Waals surface area contributed by atoms with Crippen molar-refractivity contribution in [3.63, 3.8) is 0 Å². The minimum atomic E-state index is 0.568. The van der Waals surface area contributed by atoms with E-state index in [1.54, 1.807) is 0 Å². The second kappa shape index (κ2) is 12.3. The third kappa shape index (κ3) is 4.81. The van der Waals surface area contributed by atoms with Gasteiger partial charge in [-0.15, -0.1) is 0 Å². The monoisotopic (exact) mass is 729 g/mol. The van der Waals surface area contributed by atoms with Crippen molar-refractivity contribution in [1.82, 2.24) is 24.1 Å². The van der Waals surface area contributed by atoms with E-state index in [4.69, 9.17) is 19.4 Å². The average molecular weight is 730 g/mol. The normalized spacial score (nSPS) is 11.9. The Bertz CT molecular complexity index is 3450. The lowest BCUT2D eigenvalue weighted by Gasteiger charge is -2.14. The van der Waals surface area contributed by atoms with Gasteiger partial charge in [0.05, 0.1) is 33.1 Å². The van der Waals surface area contributed by atoms with Gasteiger partial charge in [-0.3, -0.25) is 0 Å². The molecule has 0 N–H and O–H groups in total. The first-order valence-electron chi connectivity index (χ1n) is 19.1. The minimum absolute atomic E-state index is 0.568. The van der Waals surface area contributed by atoms with Crippen molar-refractivity contribution in [2.75, 3.05) is 0 Å². The van der Waals surface area contributed by atoms with Crippen LogP contribution >= 0.6 is 0 Å². The fourth-order valence-corrected chi connectivity index (χ4v) is 8.69. The van der Waals surface area contributed by atoms with Crippen LogP contribution in [-0.4, -0.2) is 24.1 Å². The van der Waals surface area contributed by atoms with Crippen molar-refractivity contribution in [3.8, 4) is 45.5 Å². The van der Waals surface area contributed by atoms with E-state index in [1.165, 1.54) is 21.5 Å². The summed E-state index contributed by atoms with van der Waals surface area (Å²) in [4.78, 5) is 15.3. The van der Waals surface area contributed by atoms with Crippen LogP contribution in [-0.2, 0) is 0 Å². The number of nitrogens with zero attached hydrogens (tertiary/aromatic N) is 5. The topological polar surface area (TPSA) is 61.7 Å². The molecule has 4 aromatic heterocycles. The average Bonchev–Trinajstić information content (AvgIpc) is 3.94. The zero-order valence-corrected chi connectivity index (χ0v) is 30.5. The molecule has 0 saturated carbocycles. The molecule has 57 heavy (non-hydrogen) atoms. The van der Waals surface area contributed by atoms with Gasteiger partial charge >= 0.3 is 0 Å². The van der Waals surface area contributed by atoms with Crippen LogP contribution in [0.15, 0.2) is 192 Å². The number of furan rings is 1. The zero-order valence-electron chi connectivity index (χ0n) is 30.5. The molecule has 0 unspecified atom stereocenters. The summed E-state index contributed by atoms with van der Waals surface area (Å²) in [5, 5.41) is 6.81. The molecule has 12 rings (SSSR count). The van der Waals surface area contributed by atoms with Gasteiger partial charge in [-0.1, -0.05) is 140 Å². The van der Waals surface area contributed by atoms with Crippen LogP contribution in [0.4, 0.5) is 0 Å². The highest BCUT2D eigenvalue weighted by Crippen LogP contribution is 2.45. The summed E-state index contributed by atoms with van der Waals surface area (Å²) in [5.41, 5.74) is 10.9. The second-order valence-corrected chi connectivity index (χ2v) is 14.4. The molecule has 0 aliphatic rings. The Labute approximate surface area is 326 Å². The Morgan fingerprint density at radius 3 is 1.58 bits per heavy atom. The number of fused-ring (bicyclic) bond motifs is 10. The summed E-state index contributed by atoms with van der Waals surface area (Å²) < 4.78 is 11.6. The fraction of sp³-hybridized carbons (Fsp3) is 0. The molecule has 8 aromatic carbocycles. The third-order valence-electron chi connectivity index (χ3n) is 11.1. The highest BCUT2D eigenvalue weighted by molar-refractivity contribution is 6.27. The zero-order chi connectivity index (χ0) is 37.5. The Hall–Kier alpha value is -7.83. The Morgan fingerprint density at radius 2 is 0.895 bits per heavy atom. The molecule has 0 fully saturated rings. The molecule has 0 aliphatic carbocycles. The predicted octanol–water partition coefficient (Wildman–Crippen LogP) is 13.0. The van der Waals surface area contributed by atoms with Gasteiger partial charge in [-0.2, -0.15) is 0 Å². The molecular formula is C51H31N5O. The summed E-state index contributed by atoms with van der Waals surface area (Å²) in [5.74, 6) is 1.79. The molecule has 4 heterocycles. The minimum Gasteiger partial charge on any atom is -0.456 e. The number of hydrogen-bond acceptors (Lipinski definition) is 4. The molecule has 0 atom stereocenters. The first kappa shape index (κ1) is 31.5. The van der Waals surface area contributed by atoms with Gasteiger partial charge in [0, 0.05) is 49.3 Å². The van der Waals surface area contributed by atoms with Gasteiger partial charge in [0.1, 0.15) is 11.2 Å². The maximum atomic E-state index is 6.74. The van der Waals surface area contributed by atoms with Crippen LogP contribution in [0.2, 0.25) is 0 Å². The van der Waals surface area contributed by atoms with Crippen molar-refractivity contribution in [3.05, 3.63) is 188 Å². The molecule has 266 valence electrons. The summed E-state index contributed by atoms with van der Waals surface area (Å²) in [6.07, 6.45) is 0. The lowest BCUT2D eigenvalue weighted by molar-refractivity contribution is 0.669. The van der Waals surface area contributed by atoms with E-state index in [2.05, 4.69) is 124 Å². The molecule has 0 aliphatic heterocycles. The Morgan fingerprint density at radius 1 is 0.351 bits per heavy atom. The van der Waals surface area contributed by atoms with Crippen LogP contribution in [0.5, 0.6) is 0 Å². The summed E-state index contributed by atoms with van der Waals surface area (Å²) in [7, 11) is 0. The van der Waals surface area contributed by atoms with E-state index in [1.807, 2.05) is 72.8 Å². The molecule has 6 heteroatoms. The van der Waals surface area contributed by atoms with Crippen LogP contribution in [0.3, 0.4) is 0 Å². The smallest absolute Gasteiger partial charge is 0.164 e. The van der Waals surface area contributed by atoms with E-state index in [-0.39, 0.29) is 0 Å². The van der Waals surface area contributed by atoms with E-state index in [0.717, 1.165) is 72.1 Å². The van der Waals surface area contributed by atoms with E-state index >= 15 is 0 Å². The van der Waals surface area contributed by atoms with E-state index < -0.39 is 0 Å². The first-order valence-corrected chi connectivity index (χ1v) is 19.1. The molecule has 6 nitrogen and oxygen atoms in total. The largest absolute Gasteiger partial charge is 0.456 e. The quantitative estimate of drug-likeness (QED) is 0.177. The highest BCUT2D eigenvalue weighted by atomic mass is 16.3. The standard InChI is InChI=1S/C51H31N5O/c1-4-16-32(17-5-1)49-52-50(33-18-6-2-7-19-33)54-51(53-49)34-30-43(46-39-24-12-15-27-44(39)57-45(46)31-34)56-40-25-13-10-22-36(40)37-28-29-42-47(48(37)56)38-23-11-14-26-41(38)55(42)35-20-8-3-9-21-35/h1-31H. The summed E-state index contributed by atoms with van der Waals surface area (Å²) >= 11 is 0. The first-order chi connectivity index (χ1) is 28.3. The third-order valence-corrected chi connectivity index (χ3v) is 11.1. The number of para-hydroxylation sites is 4. The summed E-state index contributed by atoms with van der Waals surface area (Å²) in [6, 6.07) is 65.5. The van der Waals surface area contributed by atoms with Crippen LogP contribution in [0.25, 0.3) is 111 Å². The van der Waals surface area contributed by atoms with Crippen molar-refractivity contribution in [2.24, 2.45) is 0 Å². The van der Waals surface area contributed by atoms with Gasteiger partial charge in [-0.25, -0.2) is 15.0 Å². The predicted molar refractivity (Wildman–Crippen MR) is 232 cm³/mol. The number of aromatic nitrogens is 5. The highest BCUT2D eigenvalue weighted by Gasteiger charge is 2.24. The maximum absolute atomic E-state index is 6.74. The molecule has 0 radical (unpaired) electrons. The molecule has 0 amide bonds. The SMILES string of the molecule is c1ccc(-c2nc(-c3ccccc3)nc(-c3cc(-n4c5ccccc5c5ccc6c(c7ccccc7n6-c6ccccc6)c54)c4c(c3)oc3ccccc34)n2)cc1. The van der Waals surface area contributed by atoms with Gasteiger partial charge in [0.25, 0.3) is 0 Å². The Balaban J connectivity index is 1.23. The maximum Gasteiger partial charge on any atom is 0.164 e. The molecule has 12 aromatic rings. The summed E-state index contributed by atoms with van der Waals surface area (Å²) in [6.45, 7) is 0. The van der Waals surface area contributed by atoms with Crippen molar-refractivity contribution >= 4 is 65.6 Å². The van der Waals surface area contributed by atoms with Crippen molar-refractivity contribution in [1.29, 1.82) is 0 Å². The molecular weight excluding hydrogens is 699 g/mol. The van der Waals surface area contributed by atoms with Gasteiger partial charge in [0.15, 0.2) is 17.5 Å². The van der Waals surface area contributed by atoms with Gasteiger partial charge in [0.2, 0.25) is 0 Å². The van der Waals surface area contributed by atoms with Crippen LogP contribution in [0, 0.1) is 0 Å². The van der Waals surface area contributed by atoms with Crippen molar-refractivity contribution in [2.45, 2.75) is 0 Å². The molecule has 0 saturated heterocycles. The van der Waals surface area contributed by atoms with Gasteiger partial charge < -0.3 is 13.6 Å². The second-order valence-electron chi connectivity index (χ2n) is 14.4. The lowest BCUT2D eigenvalue weighted by atomic mass is 10.1. The fourth-order valence-electron chi connectivity index (χ4n) is 8.69.